The summed E-state index contributed by atoms with van der Waals surface area (Å²) in [4.78, 5) is 24.5. The fourth-order valence-electron chi connectivity index (χ4n) is 2.47. The minimum absolute atomic E-state index is 0.166. The number of amides is 2. The molecule has 3 aromatic rings. The number of nitrogens with one attached hydrogen (secondary N) is 2. The molecule has 0 unspecified atom stereocenters. The standard InChI is InChI=1S/C21H17ClN2O2/c1-14-4-2-3-5-19(14)21(26)24-18-12-10-17(11-13-18)23-20(25)15-6-8-16(22)9-7-15/h2-13H,1H3,(H,23,25)(H,24,26). The van der Waals surface area contributed by atoms with E-state index < -0.39 is 0 Å². The van der Waals surface area contributed by atoms with E-state index in [9.17, 15) is 9.59 Å². The van der Waals surface area contributed by atoms with Gasteiger partial charge in [0.15, 0.2) is 0 Å². The summed E-state index contributed by atoms with van der Waals surface area (Å²) in [5.74, 6) is -0.389. The summed E-state index contributed by atoms with van der Waals surface area (Å²) in [5.41, 5.74) is 3.36. The molecule has 0 saturated heterocycles. The Morgan fingerprint density at radius 1 is 0.731 bits per heavy atom. The smallest absolute Gasteiger partial charge is 0.255 e. The Bertz CT molecular complexity index is 935. The Morgan fingerprint density at radius 2 is 1.27 bits per heavy atom. The van der Waals surface area contributed by atoms with E-state index in [0.29, 0.717) is 27.5 Å². The van der Waals surface area contributed by atoms with E-state index in [1.807, 2.05) is 25.1 Å². The maximum atomic E-state index is 12.3. The number of anilines is 2. The van der Waals surface area contributed by atoms with Gasteiger partial charge in [0.2, 0.25) is 0 Å². The molecule has 4 nitrogen and oxygen atoms in total. The van der Waals surface area contributed by atoms with Crippen LogP contribution in [0.1, 0.15) is 26.3 Å². The van der Waals surface area contributed by atoms with E-state index in [1.54, 1.807) is 54.6 Å². The molecule has 0 saturated carbocycles. The van der Waals surface area contributed by atoms with E-state index in [4.69, 9.17) is 11.6 Å². The molecule has 0 aromatic heterocycles. The third-order valence-corrected chi connectivity index (χ3v) is 4.15. The predicted molar refractivity (Wildman–Crippen MR) is 105 cm³/mol. The van der Waals surface area contributed by atoms with Crippen LogP contribution in [0.25, 0.3) is 0 Å². The summed E-state index contributed by atoms with van der Waals surface area (Å²) in [7, 11) is 0. The second-order valence-corrected chi connectivity index (χ2v) is 6.24. The fourth-order valence-corrected chi connectivity index (χ4v) is 2.59. The normalized spacial score (nSPS) is 10.2. The first-order chi connectivity index (χ1) is 12.5. The number of hydrogen-bond donors (Lipinski definition) is 2. The molecule has 0 fully saturated rings. The molecule has 0 atom stereocenters. The molecule has 3 aromatic carbocycles. The molecule has 0 aliphatic heterocycles. The first kappa shape index (κ1) is 17.7. The molecule has 2 amide bonds. The van der Waals surface area contributed by atoms with Gasteiger partial charge in [-0.1, -0.05) is 29.8 Å². The SMILES string of the molecule is Cc1ccccc1C(=O)Nc1ccc(NC(=O)c2ccc(Cl)cc2)cc1. The first-order valence-corrected chi connectivity index (χ1v) is 8.45. The van der Waals surface area contributed by atoms with Gasteiger partial charge in [0, 0.05) is 27.5 Å². The zero-order valence-corrected chi connectivity index (χ0v) is 14.9. The van der Waals surface area contributed by atoms with Crippen molar-refractivity contribution in [3.8, 4) is 0 Å². The number of carbonyl (C=O) groups excluding carboxylic acids is 2. The average Bonchev–Trinajstić information content (AvgIpc) is 2.64. The van der Waals surface area contributed by atoms with E-state index in [-0.39, 0.29) is 11.8 Å². The summed E-state index contributed by atoms with van der Waals surface area (Å²) >= 11 is 5.82. The molecule has 0 radical (unpaired) electrons. The summed E-state index contributed by atoms with van der Waals surface area (Å²) in [6, 6.07) is 21.0. The summed E-state index contributed by atoms with van der Waals surface area (Å²) in [6.45, 7) is 1.89. The van der Waals surface area contributed by atoms with E-state index in [2.05, 4.69) is 10.6 Å². The summed E-state index contributed by atoms with van der Waals surface area (Å²) in [5, 5.41) is 6.23. The van der Waals surface area contributed by atoms with Crippen LogP contribution in [0.15, 0.2) is 72.8 Å². The van der Waals surface area contributed by atoms with Crippen molar-refractivity contribution in [2.24, 2.45) is 0 Å². The van der Waals surface area contributed by atoms with Crippen molar-refractivity contribution in [3.63, 3.8) is 0 Å². The molecule has 0 heterocycles. The maximum Gasteiger partial charge on any atom is 0.255 e. The average molecular weight is 365 g/mol. The Kier molecular flexibility index (Phi) is 5.34. The quantitative estimate of drug-likeness (QED) is 0.672. The Hall–Kier alpha value is -3.11. The van der Waals surface area contributed by atoms with Crippen LogP contribution in [0.5, 0.6) is 0 Å². The lowest BCUT2D eigenvalue weighted by Crippen LogP contribution is -2.14. The molecule has 0 spiro atoms. The minimum Gasteiger partial charge on any atom is -0.322 e. The first-order valence-electron chi connectivity index (χ1n) is 8.07. The van der Waals surface area contributed by atoms with Crippen LogP contribution in [0.4, 0.5) is 11.4 Å². The molecule has 0 bridgehead atoms. The van der Waals surface area contributed by atoms with Crippen molar-refractivity contribution < 1.29 is 9.59 Å². The van der Waals surface area contributed by atoms with Gasteiger partial charge in [0.1, 0.15) is 0 Å². The molecule has 5 heteroatoms. The third-order valence-electron chi connectivity index (χ3n) is 3.90. The topological polar surface area (TPSA) is 58.2 Å². The highest BCUT2D eigenvalue weighted by Gasteiger charge is 2.09. The van der Waals surface area contributed by atoms with Crippen molar-refractivity contribution in [3.05, 3.63) is 94.5 Å². The Morgan fingerprint density at radius 3 is 1.85 bits per heavy atom. The van der Waals surface area contributed by atoms with Crippen LogP contribution in [0.3, 0.4) is 0 Å². The Labute approximate surface area is 156 Å². The van der Waals surface area contributed by atoms with Crippen LogP contribution in [0.2, 0.25) is 5.02 Å². The minimum atomic E-state index is -0.224. The van der Waals surface area contributed by atoms with Gasteiger partial charge < -0.3 is 10.6 Å². The lowest BCUT2D eigenvalue weighted by atomic mass is 10.1. The van der Waals surface area contributed by atoms with Gasteiger partial charge in [-0.25, -0.2) is 0 Å². The monoisotopic (exact) mass is 364 g/mol. The van der Waals surface area contributed by atoms with Crippen LogP contribution in [-0.4, -0.2) is 11.8 Å². The van der Waals surface area contributed by atoms with Gasteiger partial charge in [-0.05, 0) is 67.1 Å². The van der Waals surface area contributed by atoms with Crippen LogP contribution >= 0.6 is 11.6 Å². The van der Waals surface area contributed by atoms with Crippen molar-refractivity contribution in [1.29, 1.82) is 0 Å². The highest BCUT2D eigenvalue weighted by molar-refractivity contribution is 6.30. The molecule has 0 aliphatic carbocycles. The van der Waals surface area contributed by atoms with Gasteiger partial charge in [-0.3, -0.25) is 9.59 Å². The van der Waals surface area contributed by atoms with Gasteiger partial charge in [-0.2, -0.15) is 0 Å². The zero-order valence-electron chi connectivity index (χ0n) is 14.1. The molecule has 2 N–H and O–H groups in total. The molecule has 0 aliphatic rings. The lowest BCUT2D eigenvalue weighted by Gasteiger charge is -2.09. The van der Waals surface area contributed by atoms with Gasteiger partial charge >= 0.3 is 0 Å². The number of hydrogen-bond acceptors (Lipinski definition) is 2. The molecule has 3 rings (SSSR count). The third kappa shape index (κ3) is 4.29. The van der Waals surface area contributed by atoms with E-state index in [0.717, 1.165) is 5.56 Å². The summed E-state index contributed by atoms with van der Waals surface area (Å²) < 4.78 is 0. The van der Waals surface area contributed by atoms with Crippen LogP contribution < -0.4 is 10.6 Å². The second-order valence-electron chi connectivity index (χ2n) is 5.81. The van der Waals surface area contributed by atoms with Crippen molar-refractivity contribution >= 4 is 34.8 Å². The highest BCUT2D eigenvalue weighted by Crippen LogP contribution is 2.17. The predicted octanol–water partition coefficient (Wildman–Crippen LogP) is 5.15. The fraction of sp³-hybridized carbons (Fsp3) is 0.0476. The molecule has 130 valence electrons. The number of benzene rings is 3. The van der Waals surface area contributed by atoms with Gasteiger partial charge in [0.05, 0.1) is 0 Å². The summed E-state index contributed by atoms with van der Waals surface area (Å²) in [6.07, 6.45) is 0. The van der Waals surface area contributed by atoms with Gasteiger partial charge in [-0.15, -0.1) is 0 Å². The number of carbonyl (C=O) groups is 2. The van der Waals surface area contributed by atoms with Crippen molar-refractivity contribution in [2.75, 3.05) is 10.6 Å². The highest BCUT2D eigenvalue weighted by atomic mass is 35.5. The van der Waals surface area contributed by atoms with Crippen molar-refractivity contribution in [2.45, 2.75) is 6.92 Å². The van der Waals surface area contributed by atoms with E-state index >= 15 is 0 Å². The van der Waals surface area contributed by atoms with E-state index in [1.165, 1.54) is 0 Å². The largest absolute Gasteiger partial charge is 0.322 e. The van der Waals surface area contributed by atoms with Crippen molar-refractivity contribution in [1.82, 2.24) is 0 Å². The lowest BCUT2D eigenvalue weighted by molar-refractivity contribution is 0.101. The molecular weight excluding hydrogens is 348 g/mol. The zero-order chi connectivity index (χ0) is 18.5. The number of halogens is 1. The maximum absolute atomic E-state index is 12.3. The van der Waals surface area contributed by atoms with Gasteiger partial charge in [0.25, 0.3) is 11.8 Å². The molecular formula is C21H17ClN2O2. The van der Waals surface area contributed by atoms with Crippen LogP contribution in [0, 0.1) is 6.92 Å². The Balaban J connectivity index is 1.65. The second kappa shape index (κ2) is 7.85. The molecule has 26 heavy (non-hydrogen) atoms. The number of rotatable bonds is 4. The van der Waals surface area contributed by atoms with Crippen LogP contribution in [-0.2, 0) is 0 Å². The number of aryl methyl sites for hydroxylation is 1.